The predicted molar refractivity (Wildman–Crippen MR) is 101 cm³/mol. The molecule has 1 aliphatic heterocycles. The highest BCUT2D eigenvalue weighted by atomic mass is 32.2. The second-order valence-corrected chi connectivity index (χ2v) is 8.38. The van der Waals surface area contributed by atoms with E-state index in [1.54, 1.807) is 29.1 Å². The van der Waals surface area contributed by atoms with Gasteiger partial charge in [0.15, 0.2) is 4.77 Å². The summed E-state index contributed by atoms with van der Waals surface area (Å²) in [5.74, 6) is 0.840. The van der Waals surface area contributed by atoms with E-state index in [2.05, 4.69) is 21.6 Å². The Balaban J connectivity index is 1.65. The van der Waals surface area contributed by atoms with Crippen LogP contribution in [0.2, 0.25) is 0 Å². The maximum absolute atomic E-state index is 12.6. The monoisotopic (exact) mass is 394 g/mol. The van der Waals surface area contributed by atoms with Crippen molar-refractivity contribution in [3.8, 4) is 0 Å². The number of nitrogens with zero attached hydrogens (tertiary/aromatic N) is 6. The zero-order valence-electron chi connectivity index (χ0n) is 14.7. The Kier molecular flexibility index (Phi) is 5.66. The molecule has 10 heteroatoms. The molecule has 0 aliphatic carbocycles. The average molecular weight is 395 g/mol. The molecule has 8 nitrogen and oxygen atoms in total. The molecule has 0 bridgehead atoms. The van der Waals surface area contributed by atoms with Crippen molar-refractivity contribution in [3.63, 3.8) is 0 Å². The largest absolute Gasteiger partial charge is 0.300 e. The molecule has 0 unspecified atom stereocenters. The summed E-state index contributed by atoms with van der Waals surface area (Å²) in [5, 5.41) is 4.48. The maximum atomic E-state index is 12.6. The van der Waals surface area contributed by atoms with Gasteiger partial charge in [-0.3, -0.25) is 9.88 Å². The van der Waals surface area contributed by atoms with Gasteiger partial charge < -0.3 is 4.57 Å². The normalized spacial score (nSPS) is 16.7. The number of allylic oxidation sites excluding steroid dienone is 1. The molecule has 0 aromatic carbocycles. The zero-order chi connectivity index (χ0) is 18.7. The van der Waals surface area contributed by atoms with E-state index in [-0.39, 0.29) is 4.90 Å². The van der Waals surface area contributed by atoms with E-state index in [0.29, 0.717) is 44.2 Å². The highest BCUT2D eigenvalue weighted by molar-refractivity contribution is 7.89. The first-order valence-corrected chi connectivity index (χ1v) is 10.2. The number of aryl methyl sites for hydroxylation is 1. The molecule has 0 spiro atoms. The van der Waals surface area contributed by atoms with E-state index in [0.717, 1.165) is 5.82 Å². The van der Waals surface area contributed by atoms with E-state index in [9.17, 15) is 8.42 Å². The smallest absolute Gasteiger partial charge is 0.244 e. The van der Waals surface area contributed by atoms with Crippen LogP contribution in [-0.2, 0) is 23.2 Å². The molecule has 0 amide bonds. The summed E-state index contributed by atoms with van der Waals surface area (Å²) in [6.45, 7) is 8.92. The van der Waals surface area contributed by atoms with Gasteiger partial charge in [-0.1, -0.05) is 6.08 Å². The van der Waals surface area contributed by atoms with Gasteiger partial charge >= 0.3 is 0 Å². The van der Waals surface area contributed by atoms with Crippen LogP contribution in [0.1, 0.15) is 5.82 Å². The number of sulfonamides is 1. The minimum absolute atomic E-state index is 0.231. The Labute approximate surface area is 158 Å². The van der Waals surface area contributed by atoms with Crippen molar-refractivity contribution in [2.24, 2.45) is 0 Å². The first-order valence-electron chi connectivity index (χ1n) is 8.31. The van der Waals surface area contributed by atoms with Crippen LogP contribution in [0.3, 0.4) is 0 Å². The van der Waals surface area contributed by atoms with E-state index in [4.69, 9.17) is 12.2 Å². The van der Waals surface area contributed by atoms with Crippen molar-refractivity contribution in [1.82, 2.24) is 28.5 Å². The van der Waals surface area contributed by atoms with Crippen molar-refractivity contribution < 1.29 is 8.42 Å². The van der Waals surface area contributed by atoms with E-state index < -0.39 is 10.0 Å². The van der Waals surface area contributed by atoms with Crippen LogP contribution < -0.4 is 0 Å². The summed E-state index contributed by atoms with van der Waals surface area (Å²) in [7, 11) is -3.49. The molecule has 1 aliphatic rings. The second kappa shape index (κ2) is 7.78. The van der Waals surface area contributed by atoms with Crippen LogP contribution in [0.4, 0.5) is 0 Å². The molecule has 0 atom stereocenters. The topological polar surface area (TPSA) is 76.3 Å². The Hall–Kier alpha value is -1.88. The van der Waals surface area contributed by atoms with Crippen molar-refractivity contribution in [1.29, 1.82) is 0 Å². The number of rotatable bonds is 6. The minimum Gasteiger partial charge on any atom is -0.300 e. The molecular weight excluding hydrogens is 372 g/mol. The summed E-state index contributed by atoms with van der Waals surface area (Å²) in [4.78, 5) is 6.28. The second-order valence-electron chi connectivity index (χ2n) is 6.08. The van der Waals surface area contributed by atoms with Crippen molar-refractivity contribution in [2.45, 2.75) is 25.0 Å². The number of piperazine rings is 1. The van der Waals surface area contributed by atoms with Crippen LogP contribution in [0.25, 0.3) is 0 Å². The molecule has 3 rings (SSSR count). The average Bonchev–Trinajstić information content (AvgIpc) is 2.91. The third-order valence-electron chi connectivity index (χ3n) is 4.36. The summed E-state index contributed by atoms with van der Waals surface area (Å²) in [5.41, 5.74) is 0. The van der Waals surface area contributed by atoms with Gasteiger partial charge in [0, 0.05) is 45.1 Å². The molecule has 26 heavy (non-hydrogen) atoms. The van der Waals surface area contributed by atoms with Crippen molar-refractivity contribution >= 4 is 22.2 Å². The molecule has 2 aromatic heterocycles. The zero-order valence-corrected chi connectivity index (χ0v) is 16.3. The molecule has 1 fully saturated rings. The Bertz CT molecular complexity index is 927. The van der Waals surface area contributed by atoms with Gasteiger partial charge in [0.2, 0.25) is 10.0 Å². The van der Waals surface area contributed by atoms with Crippen LogP contribution in [0.15, 0.2) is 42.1 Å². The minimum atomic E-state index is -3.49. The molecule has 0 N–H and O–H groups in total. The van der Waals surface area contributed by atoms with Gasteiger partial charge in [-0.2, -0.15) is 9.40 Å². The number of hydrogen-bond donors (Lipinski definition) is 0. The lowest BCUT2D eigenvalue weighted by Gasteiger charge is -2.33. The maximum Gasteiger partial charge on any atom is 0.244 e. The molecule has 2 aromatic rings. The van der Waals surface area contributed by atoms with Crippen molar-refractivity contribution in [3.05, 3.63) is 47.8 Å². The lowest BCUT2D eigenvalue weighted by molar-refractivity contribution is 0.144. The molecule has 3 heterocycles. The van der Waals surface area contributed by atoms with Gasteiger partial charge in [0.25, 0.3) is 0 Å². The fourth-order valence-electron chi connectivity index (χ4n) is 2.93. The summed E-state index contributed by atoms with van der Waals surface area (Å²) in [6, 6.07) is 3.20. The Morgan fingerprint density at radius 2 is 2.04 bits per heavy atom. The highest BCUT2D eigenvalue weighted by Crippen LogP contribution is 2.16. The number of aromatic nitrogens is 4. The van der Waals surface area contributed by atoms with Gasteiger partial charge in [-0.05, 0) is 31.3 Å². The fraction of sp³-hybridized carbons (Fsp3) is 0.438. The Morgan fingerprint density at radius 3 is 2.65 bits per heavy atom. The molecule has 1 saturated heterocycles. The van der Waals surface area contributed by atoms with Crippen LogP contribution in [-0.4, -0.2) is 63.1 Å². The summed E-state index contributed by atoms with van der Waals surface area (Å²) >= 11 is 5.47. The van der Waals surface area contributed by atoms with E-state index in [1.807, 2.05) is 11.5 Å². The molecule has 0 radical (unpaired) electrons. The predicted octanol–water partition coefficient (Wildman–Crippen LogP) is 1.27. The Morgan fingerprint density at radius 1 is 1.31 bits per heavy atom. The van der Waals surface area contributed by atoms with Crippen LogP contribution >= 0.6 is 12.2 Å². The van der Waals surface area contributed by atoms with Gasteiger partial charge in [-0.25, -0.2) is 13.1 Å². The number of hydrogen-bond acceptors (Lipinski definition) is 6. The van der Waals surface area contributed by atoms with E-state index >= 15 is 0 Å². The third kappa shape index (κ3) is 3.78. The standard InChI is InChI=1S/C16H22N6O2S2/c1-3-7-21-14(2)18-22(16(21)25)13-19-8-10-20(11-9-19)26(23,24)15-5-4-6-17-12-15/h3-6,12H,1,7-11,13H2,2H3. The fourth-order valence-corrected chi connectivity index (χ4v) is 4.62. The molecular formula is C16H22N6O2S2. The summed E-state index contributed by atoms with van der Waals surface area (Å²) in [6.07, 6.45) is 4.74. The van der Waals surface area contributed by atoms with Crippen molar-refractivity contribution in [2.75, 3.05) is 26.2 Å². The van der Waals surface area contributed by atoms with Gasteiger partial charge in [-0.15, -0.1) is 6.58 Å². The lowest BCUT2D eigenvalue weighted by Crippen LogP contribution is -2.48. The summed E-state index contributed by atoms with van der Waals surface area (Å²) < 4.78 is 31.1. The third-order valence-corrected chi connectivity index (χ3v) is 6.67. The quantitative estimate of drug-likeness (QED) is 0.542. The SMILES string of the molecule is C=CCn1c(C)nn(CN2CCN(S(=O)(=O)c3cccnc3)CC2)c1=S. The molecule has 140 valence electrons. The first kappa shape index (κ1) is 18.9. The first-order chi connectivity index (χ1) is 12.4. The van der Waals surface area contributed by atoms with E-state index in [1.165, 1.54) is 10.5 Å². The lowest BCUT2D eigenvalue weighted by atomic mass is 10.4. The van der Waals surface area contributed by atoms with Gasteiger partial charge in [0.05, 0.1) is 6.67 Å². The molecule has 0 saturated carbocycles. The number of pyridine rings is 1. The van der Waals surface area contributed by atoms with Crippen LogP contribution in [0, 0.1) is 11.7 Å². The van der Waals surface area contributed by atoms with Crippen LogP contribution in [0.5, 0.6) is 0 Å². The highest BCUT2D eigenvalue weighted by Gasteiger charge is 2.28. The van der Waals surface area contributed by atoms with Gasteiger partial charge in [0.1, 0.15) is 10.7 Å².